The average molecular weight is 743 g/mol. The molecule has 0 N–H and O–H groups in total. The molecule has 12 rings (SSSR count). The van der Waals surface area contributed by atoms with Crippen molar-refractivity contribution in [2.75, 3.05) is 0 Å². The van der Waals surface area contributed by atoms with Crippen LogP contribution in [0.15, 0.2) is 182 Å². The number of para-hydroxylation sites is 2. The summed E-state index contributed by atoms with van der Waals surface area (Å²) in [6, 6.07) is 68.0. The molecule has 2 heterocycles. The van der Waals surface area contributed by atoms with E-state index in [-0.39, 0.29) is 10.8 Å². The van der Waals surface area contributed by atoms with Crippen molar-refractivity contribution < 1.29 is 0 Å². The fraction of sp³-hybridized carbons (Fsp3) is 0.107. The van der Waals surface area contributed by atoms with Crippen LogP contribution in [-0.2, 0) is 10.8 Å². The van der Waals surface area contributed by atoms with Gasteiger partial charge in [0.05, 0.1) is 22.1 Å². The van der Waals surface area contributed by atoms with Crippen LogP contribution in [0.3, 0.4) is 0 Å². The monoisotopic (exact) mass is 742 g/mol. The Morgan fingerprint density at radius 1 is 0.310 bits per heavy atom. The molecule has 2 aromatic heterocycles. The molecular formula is C56H42N2. The van der Waals surface area contributed by atoms with Crippen molar-refractivity contribution in [2.24, 2.45) is 0 Å². The van der Waals surface area contributed by atoms with Crippen LogP contribution in [0.1, 0.15) is 49.9 Å². The Hall–Kier alpha value is -6.90. The minimum Gasteiger partial charge on any atom is -0.307 e. The van der Waals surface area contributed by atoms with Gasteiger partial charge in [0.15, 0.2) is 0 Å². The van der Waals surface area contributed by atoms with Crippen LogP contribution in [0, 0.1) is 0 Å². The Labute approximate surface area is 339 Å². The largest absolute Gasteiger partial charge is 0.307 e. The Morgan fingerprint density at radius 2 is 0.655 bits per heavy atom. The Bertz CT molecular complexity index is 3090. The van der Waals surface area contributed by atoms with Gasteiger partial charge in [0.1, 0.15) is 0 Å². The van der Waals surface area contributed by atoms with E-state index in [0.717, 1.165) is 11.4 Å². The summed E-state index contributed by atoms with van der Waals surface area (Å²) in [5, 5.41) is 2.46. The third-order valence-corrected chi connectivity index (χ3v) is 13.5. The van der Waals surface area contributed by atoms with E-state index in [0.29, 0.717) is 0 Å². The molecule has 2 nitrogen and oxygen atoms in total. The minimum absolute atomic E-state index is 0.0583. The van der Waals surface area contributed by atoms with Crippen molar-refractivity contribution in [1.29, 1.82) is 0 Å². The van der Waals surface area contributed by atoms with Crippen molar-refractivity contribution in [2.45, 2.75) is 38.5 Å². The molecule has 0 fully saturated rings. The molecule has 2 aliphatic rings. The first-order valence-corrected chi connectivity index (χ1v) is 20.5. The summed E-state index contributed by atoms with van der Waals surface area (Å²) in [5.74, 6) is 0. The SMILES string of the molecule is CC1(C)c2ccccc2-c2ccc(-c3ccc4c(c3)n(-c3ccccc3)c3c5ccc(-c6ccc7c(c6)C(C)(C)c6ccccc6-7)cc5n(-c5ccccc5)c43)cc21. The molecule has 0 unspecified atom stereocenters. The van der Waals surface area contributed by atoms with Crippen LogP contribution in [0.25, 0.3) is 88.7 Å². The number of hydrogen-bond acceptors (Lipinski definition) is 0. The zero-order valence-electron chi connectivity index (χ0n) is 33.2. The van der Waals surface area contributed by atoms with Gasteiger partial charge < -0.3 is 9.13 Å². The first-order valence-electron chi connectivity index (χ1n) is 20.5. The second-order valence-corrected chi connectivity index (χ2v) is 17.4. The Balaban J connectivity index is 1.09. The third-order valence-electron chi connectivity index (χ3n) is 13.5. The molecule has 0 aliphatic heterocycles. The van der Waals surface area contributed by atoms with Crippen LogP contribution < -0.4 is 0 Å². The van der Waals surface area contributed by atoms with Crippen molar-refractivity contribution in [1.82, 2.24) is 9.13 Å². The van der Waals surface area contributed by atoms with E-state index in [1.807, 2.05) is 0 Å². The maximum Gasteiger partial charge on any atom is 0.0803 e. The first-order chi connectivity index (χ1) is 28.3. The highest BCUT2D eigenvalue weighted by atomic mass is 15.1. The summed E-state index contributed by atoms with van der Waals surface area (Å²) in [5.41, 5.74) is 23.0. The van der Waals surface area contributed by atoms with E-state index in [4.69, 9.17) is 0 Å². The molecule has 0 bridgehead atoms. The molecule has 0 saturated heterocycles. The molecule has 2 heteroatoms. The highest BCUT2D eigenvalue weighted by Gasteiger charge is 2.36. The topological polar surface area (TPSA) is 9.86 Å². The van der Waals surface area contributed by atoms with Crippen LogP contribution in [0.5, 0.6) is 0 Å². The Morgan fingerprint density at radius 3 is 1.09 bits per heavy atom. The van der Waals surface area contributed by atoms with Gasteiger partial charge in [0, 0.05) is 33.0 Å². The zero-order valence-corrected chi connectivity index (χ0v) is 33.2. The second-order valence-electron chi connectivity index (χ2n) is 17.4. The van der Waals surface area contributed by atoms with E-state index in [9.17, 15) is 0 Å². The van der Waals surface area contributed by atoms with Gasteiger partial charge in [-0.25, -0.2) is 0 Å². The van der Waals surface area contributed by atoms with Crippen LogP contribution in [-0.4, -0.2) is 9.13 Å². The lowest BCUT2D eigenvalue weighted by atomic mass is 9.81. The quantitative estimate of drug-likeness (QED) is 0.170. The van der Waals surface area contributed by atoms with Gasteiger partial charge >= 0.3 is 0 Å². The molecule has 0 amide bonds. The zero-order chi connectivity index (χ0) is 38.9. The fourth-order valence-electron chi connectivity index (χ4n) is 10.6. The standard InChI is InChI=1S/C56H42N2/c1-55(2)47-21-13-11-19-41(47)43-27-23-35(31-49(43)55)37-25-29-45-51(33-37)57(39-15-7-5-8-16-39)54-46-30-26-38(34-52(46)58(53(45)54)40-17-9-6-10-18-40)36-24-28-44-42-20-12-14-22-48(42)56(3,4)50(44)32-36/h5-34H,1-4H3. The highest BCUT2D eigenvalue weighted by molar-refractivity contribution is 6.20. The summed E-state index contributed by atoms with van der Waals surface area (Å²) in [6.45, 7) is 9.45. The highest BCUT2D eigenvalue weighted by Crippen LogP contribution is 2.52. The average Bonchev–Trinajstić information content (AvgIpc) is 3.92. The number of aromatic nitrogens is 2. The van der Waals surface area contributed by atoms with Gasteiger partial charge in [0.2, 0.25) is 0 Å². The predicted molar refractivity (Wildman–Crippen MR) is 244 cm³/mol. The van der Waals surface area contributed by atoms with E-state index in [1.165, 1.54) is 99.6 Å². The molecular weight excluding hydrogens is 701 g/mol. The van der Waals surface area contributed by atoms with Crippen molar-refractivity contribution >= 4 is 32.8 Å². The molecule has 10 aromatic rings. The molecule has 2 aliphatic carbocycles. The van der Waals surface area contributed by atoms with Gasteiger partial charge in [-0.05, 0) is 115 Å². The van der Waals surface area contributed by atoms with Gasteiger partial charge in [-0.15, -0.1) is 0 Å². The molecule has 276 valence electrons. The maximum absolute atomic E-state index is 2.50. The van der Waals surface area contributed by atoms with Gasteiger partial charge in [-0.2, -0.15) is 0 Å². The van der Waals surface area contributed by atoms with E-state index < -0.39 is 0 Å². The molecule has 0 radical (unpaired) electrons. The lowest BCUT2D eigenvalue weighted by Crippen LogP contribution is -2.14. The smallest absolute Gasteiger partial charge is 0.0803 e. The number of rotatable bonds is 4. The van der Waals surface area contributed by atoms with Gasteiger partial charge in [-0.1, -0.05) is 161 Å². The van der Waals surface area contributed by atoms with Crippen molar-refractivity contribution in [3.63, 3.8) is 0 Å². The van der Waals surface area contributed by atoms with Gasteiger partial charge in [-0.3, -0.25) is 0 Å². The molecule has 0 atom stereocenters. The lowest BCUT2D eigenvalue weighted by molar-refractivity contribution is 0.660. The lowest BCUT2D eigenvalue weighted by Gasteiger charge is -2.22. The normalized spacial score (nSPS) is 14.5. The van der Waals surface area contributed by atoms with E-state index in [1.54, 1.807) is 0 Å². The Kier molecular flexibility index (Phi) is 6.78. The molecule has 0 spiro atoms. The van der Waals surface area contributed by atoms with Gasteiger partial charge in [0.25, 0.3) is 0 Å². The number of hydrogen-bond donors (Lipinski definition) is 0. The number of nitrogens with zero attached hydrogens (tertiary/aromatic N) is 2. The van der Waals surface area contributed by atoms with Crippen molar-refractivity contribution in [3.8, 4) is 55.9 Å². The summed E-state index contributed by atoms with van der Waals surface area (Å²) in [7, 11) is 0. The second kappa shape index (κ2) is 11.8. The predicted octanol–water partition coefficient (Wildman–Crippen LogP) is 14.7. The summed E-state index contributed by atoms with van der Waals surface area (Å²) in [6.07, 6.45) is 0. The molecule has 8 aromatic carbocycles. The maximum atomic E-state index is 2.50. The van der Waals surface area contributed by atoms with Crippen molar-refractivity contribution in [3.05, 3.63) is 204 Å². The molecule has 58 heavy (non-hydrogen) atoms. The minimum atomic E-state index is -0.0583. The van der Waals surface area contributed by atoms with E-state index in [2.05, 4.69) is 219 Å². The van der Waals surface area contributed by atoms with Crippen LogP contribution in [0.2, 0.25) is 0 Å². The molecule has 0 saturated carbocycles. The first kappa shape index (κ1) is 33.3. The number of benzene rings is 8. The summed E-state index contributed by atoms with van der Waals surface area (Å²) >= 11 is 0. The van der Waals surface area contributed by atoms with Crippen LogP contribution >= 0.6 is 0 Å². The van der Waals surface area contributed by atoms with Crippen LogP contribution in [0.4, 0.5) is 0 Å². The van der Waals surface area contributed by atoms with E-state index >= 15 is 0 Å². The fourth-order valence-corrected chi connectivity index (χ4v) is 10.6. The summed E-state index contributed by atoms with van der Waals surface area (Å²) in [4.78, 5) is 0. The third kappa shape index (κ3) is 4.49. The summed E-state index contributed by atoms with van der Waals surface area (Å²) < 4.78 is 5.00. The number of fused-ring (bicyclic) bond motifs is 11.